The number of hydrogen-bond acceptors (Lipinski definition) is 2. The topological polar surface area (TPSA) is 29.5 Å². The van der Waals surface area contributed by atoms with Crippen molar-refractivity contribution in [1.29, 1.82) is 0 Å². The van der Waals surface area contributed by atoms with Gasteiger partial charge in [0.1, 0.15) is 17.3 Å². The van der Waals surface area contributed by atoms with Crippen molar-refractivity contribution in [1.82, 2.24) is 0 Å². The van der Waals surface area contributed by atoms with Gasteiger partial charge in [0.2, 0.25) is 0 Å². The second kappa shape index (κ2) is 5.04. The first-order chi connectivity index (χ1) is 8.52. The van der Waals surface area contributed by atoms with Crippen molar-refractivity contribution >= 4 is 23.2 Å². The third-order valence-corrected chi connectivity index (χ3v) is 3.10. The first-order valence-corrected chi connectivity index (χ1v) is 5.80. The Labute approximate surface area is 114 Å². The van der Waals surface area contributed by atoms with Gasteiger partial charge in [0, 0.05) is 11.6 Å². The number of halogens is 3. The molecule has 2 aromatic carbocycles. The maximum Gasteiger partial charge on any atom is 0.145 e. The number of hydrogen-bond donors (Lipinski definition) is 1. The summed E-state index contributed by atoms with van der Waals surface area (Å²) in [6, 6.07) is 7.29. The third-order valence-electron chi connectivity index (χ3n) is 2.50. The fourth-order valence-corrected chi connectivity index (χ4v) is 1.95. The average Bonchev–Trinajstić information content (AvgIpc) is 2.35. The van der Waals surface area contributed by atoms with Crippen molar-refractivity contribution in [3.05, 3.63) is 46.2 Å². The highest BCUT2D eigenvalue weighted by Crippen LogP contribution is 2.36. The van der Waals surface area contributed by atoms with Crippen LogP contribution in [0.3, 0.4) is 0 Å². The highest BCUT2D eigenvalue weighted by Gasteiger charge is 2.11. The van der Waals surface area contributed by atoms with Crippen LogP contribution in [0.15, 0.2) is 30.3 Å². The van der Waals surface area contributed by atoms with Crippen molar-refractivity contribution in [3.63, 3.8) is 0 Å². The second-order valence-electron chi connectivity index (χ2n) is 3.63. The van der Waals surface area contributed by atoms with Crippen LogP contribution in [0.4, 0.5) is 4.39 Å². The number of phenolic OH excluding ortho intramolecular Hbond substituents is 1. The van der Waals surface area contributed by atoms with Crippen LogP contribution in [0.2, 0.25) is 10.0 Å². The molecule has 2 aromatic rings. The Bertz CT molecular complexity index is 600. The van der Waals surface area contributed by atoms with Gasteiger partial charge in [0.15, 0.2) is 0 Å². The molecule has 0 saturated heterocycles. The second-order valence-corrected chi connectivity index (χ2v) is 4.45. The highest BCUT2D eigenvalue weighted by molar-refractivity contribution is 6.32. The lowest BCUT2D eigenvalue weighted by Gasteiger charge is -2.09. The SMILES string of the molecule is COc1cc(-c2cc(Cl)c(F)cc2O)ccc1Cl. The van der Waals surface area contributed by atoms with Gasteiger partial charge in [-0.15, -0.1) is 0 Å². The molecule has 0 bridgehead atoms. The molecule has 0 fully saturated rings. The standard InChI is InChI=1S/C13H9Cl2FO2/c1-18-13-4-7(2-3-9(13)14)8-5-10(15)11(16)6-12(8)17/h2-6,17H,1H3. The van der Waals surface area contributed by atoms with E-state index in [0.717, 1.165) is 6.07 Å². The van der Waals surface area contributed by atoms with E-state index in [1.807, 2.05) is 0 Å². The van der Waals surface area contributed by atoms with Gasteiger partial charge < -0.3 is 9.84 Å². The predicted octanol–water partition coefficient (Wildman–Crippen LogP) is 4.51. The van der Waals surface area contributed by atoms with E-state index in [9.17, 15) is 9.50 Å². The average molecular weight is 287 g/mol. The summed E-state index contributed by atoms with van der Waals surface area (Å²) in [5, 5.41) is 10.1. The number of benzene rings is 2. The Morgan fingerprint density at radius 1 is 1.11 bits per heavy atom. The Morgan fingerprint density at radius 3 is 2.50 bits per heavy atom. The molecule has 0 amide bonds. The number of aromatic hydroxyl groups is 1. The van der Waals surface area contributed by atoms with Gasteiger partial charge in [-0.05, 0) is 23.8 Å². The molecule has 5 heteroatoms. The smallest absolute Gasteiger partial charge is 0.145 e. The molecule has 18 heavy (non-hydrogen) atoms. The molecule has 0 aliphatic heterocycles. The van der Waals surface area contributed by atoms with Crippen molar-refractivity contribution in [2.45, 2.75) is 0 Å². The summed E-state index contributed by atoms with van der Waals surface area (Å²) >= 11 is 11.6. The molecule has 0 aliphatic carbocycles. The van der Waals surface area contributed by atoms with Crippen LogP contribution in [0, 0.1) is 5.82 Å². The zero-order valence-electron chi connectivity index (χ0n) is 9.38. The molecule has 2 rings (SSSR count). The minimum atomic E-state index is -0.668. The lowest BCUT2D eigenvalue weighted by Crippen LogP contribution is -1.87. The monoisotopic (exact) mass is 286 g/mol. The minimum absolute atomic E-state index is 0.0586. The summed E-state index contributed by atoms with van der Waals surface area (Å²) in [6.07, 6.45) is 0. The lowest BCUT2D eigenvalue weighted by molar-refractivity contribution is 0.415. The van der Waals surface area contributed by atoms with Crippen molar-refractivity contribution in [2.24, 2.45) is 0 Å². The van der Waals surface area contributed by atoms with Gasteiger partial charge in [-0.2, -0.15) is 0 Å². The molecule has 0 spiro atoms. The fraction of sp³-hybridized carbons (Fsp3) is 0.0769. The summed E-state index contributed by atoms with van der Waals surface area (Å²) in [5.41, 5.74) is 1.05. The fourth-order valence-electron chi connectivity index (χ4n) is 1.59. The molecule has 0 aromatic heterocycles. The van der Waals surface area contributed by atoms with Crippen LogP contribution in [-0.4, -0.2) is 12.2 Å². The molecule has 0 aliphatic rings. The van der Waals surface area contributed by atoms with E-state index in [1.165, 1.54) is 13.2 Å². The summed E-state index contributed by atoms with van der Waals surface area (Å²) in [7, 11) is 1.49. The van der Waals surface area contributed by atoms with E-state index in [-0.39, 0.29) is 10.8 Å². The molecular formula is C13H9Cl2FO2. The maximum absolute atomic E-state index is 13.1. The largest absolute Gasteiger partial charge is 0.507 e. The van der Waals surface area contributed by atoms with Crippen molar-refractivity contribution < 1.29 is 14.2 Å². The molecule has 0 radical (unpaired) electrons. The number of ether oxygens (including phenoxy) is 1. The Morgan fingerprint density at radius 2 is 1.83 bits per heavy atom. The Hall–Kier alpha value is -1.45. The summed E-state index contributed by atoms with van der Waals surface area (Å²) in [4.78, 5) is 0. The van der Waals surface area contributed by atoms with Crippen LogP contribution in [0.5, 0.6) is 11.5 Å². The van der Waals surface area contributed by atoms with Crippen molar-refractivity contribution in [2.75, 3.05) is 7.11 Å². The molecule has 0 saturated carbocycles. The van der Waals surface area contributed by atoms with Crippen LogP contribution in [0.25, 0.3) is 11.1 Å². The molecule has 0 heterocycles. The van der Waals surface area contributed by atoms with Crippen LogP contribution >= 0.6 is 23.2 Å². The van der Waals surface area contributed by atoms with E-state index >= 15 is 0 Å². The van der Waals surface area contributed by atoms with E-state index in [2.05, 4.69) is 0 Å². The highest BCUT2D eigenvalue weighted by atomic mass is 35.5. The maximum atomic E-state index is 13.1. The van der Waals surface area contributed by atoms with Gasteiger partial charge in [0.05, 0.1) is 17.2 Å². The van der Waals surface area contributed by atoms with Gasteiger partial charge >= 0.3 is 0 Å². The van der Waals surface area contributed by atoms with Crippen molar-refractivity contribution in [3.8, 4) is 22.6 Å². The van der Waals surface area contributed by atoms with Crippen LogP contribution in [-0.2, 0) is 0 Å². The number of phenols is 1. The third kappa shape index (κ3) is 2.37. The molecular weight excluding hydrogens is 278 g/mol. The zero-order valence-corrected chi connectivity index (χ0v) is 10.9. The first kappa shape index (κ1) is 13.0. The Kier molecular flexibility index (Phi) is 3.64. The van der Waals surface area contributed by atoms with Crippen LogP contribution in [0.1, 0.15) is 0 Å². The van der Waals surface area contributed by atoms with E-state index in [4.69, 9.17) is 27.9 Å². The summed E-state index contributed by atoms with van der Waals surface area (Å²) in [6.45, 7) is 0. The quantitative estimate of drug-likeness (QED) is 0.880. The zero-order chi connectivity index (χ0) is 13.3. The number of rotatable bonds is 2. The summed E-state index contributed by atoms with van der Waals surface area (Å²) < 4.78 is 18.2. The molecule has 1 N–H and O–H groups in total. The summed E-state index contributed by atoms with van der Waals surface area (Å²) in [5.74, 6) is -0.394. The normalized spacial score (nSPS) is 10.4. The van der Waals surface area contributed by atoms with Gasteiger partial charge in [-0.1, -0.05) is 29.3 Å². The molecule has 2 nitrogen and oxygen atoms in total. The lowest BCUT2D eigenvalue weighted by atomic mass is 10.0. The van der Waals surface area contributed by atoms with Gasteiger partial charge in [-0.25, -0.2) is 4.39 Å². The van der Waals surface area contributed by atoms with E-state index < -0.39 is 5.82 Å². The first-order valence-electron chi connectivity index (χ1n) is 5.05. The van der Waals surface area contributed by atoms with Gasteiger partial charge in [-0.3, -0.25) is 0 Å². The number of methoxy groups -OCH3 is 1. The molecule has 94 valence electrons. The Balaban J connectivity index is 2.58. The minimum Gasteiger partial charge on any atom is -0.507 e. The molecule has 0 unspecified atom stereocenters. The van der Waals surface area contributed by atoms with Gasteiger partial charge in [0.25, 0.3) is 0 Å². The van der Waals surface area contributed by atoms with E-state index in [1.54, 1.807) is 18.2 Å². The molecule has 0 atom stereocenters. The van der Waals surface area contributed by atoms with Crippen LogP contribution < -0.4 is 4.74 Å². The predicted molar refractivity (Wildman–Crippen MR) is 70.1 cm³/mol. The van der Waals surface area contributed by atoms with E-state index in [0.29, 0.717) is 21.9 Å².